The summed E-state index contributed by atoms with van der Waals surface area (Å²) < 4.78 is 1.63. The number of amides is 1. The molecule has 7 heteroatoms. The van der Waals surface area contributed by atoms with Gasteiger partial charge in [0.2, 0.25) is 0 Å². The molecule has 1 fully saturated rings. The van der Waals surface area contributed by atoms with Crippen LogP contribution in [-0.4, -0.2) is 39.7 Å². The van der Waals surface area contributed by atoms with Crippen molar-refractivity contribution in [2.45, 2.75) is 25.4 Å². The van der Waals surface area contributed by atoms with Crippen molar-refractivity contribution in [3.8, 4) is 0 Å². The van der Waals surface area contributed by atoms with Crippen LogP contribution in [0.4, 0.5) is 0 Å². The largest absolute Gasteiger partial charge is 0.348 e. The number of nitrogens with zero attached hydrogens (tertiary/aromatic N) is 3. The van der Waals surface area contributed by atoms with Crippen LogP contribution in [0.3, 0.4) is 0 Å². The van der Waals surface area contributed by atoms with Crippen LogP contribution in [0, 0.1) is 0 Å². The summed E-state index contributed by atoms with van der Waals surface area (Å²) in [6, 6.07) is 7.68. The third-order valence-corrected chi connectivity index (χ3v) is 5.00. The zero-order chi connectivity index (χ0) is 17.1. The maximum Gasteiger partial charge on any atom is 0.271 e. The quantitative estimate of drug-likeness (QED) is 0.904. The van der Waals surface area contributed by atoms with E-state index in [1.807, 2.05) is 18.2 Å². The van der Waals surface area contributed by atoms with Gasteiger partial charge in [-0.1, -0.05) is 29.3 Å². The lowest BCUT2D eigenvalue weighted by Gasteiger charge is -2.32. The Bertz CT molecular complexity index is 723. The summed E-state index contributed by atoms with van der Waals surface area (Å²) in [6.45, 7) is 2.72. The Morgan fingerprint density at radius 3 is 2.62 bits per heavy atom. The third-order valence-electron chi connectivity index (χ3n) is 4.26. The molecule has 1 amide bonds. The van der Waals surface area contributed by atoms with E-state index >= 15 is 0 Å². The summed E-state index contributed by atoms with van der Waals surface area (Å²) in [5, 5.41) is 8.37. The molecule has 2 heterocycles. The Labute approximate surface area is 151 Å². The van der Waals surface area contributed by atoms with E-state index in [1.54, 1.807) is 24.0 Å². The SMILES string of the molecule is Cn1ccc(C(=O)NC2CCN(Cc3ccc(Cl)c(Cl)c3)CC2)n1. The van der Waals surface area contributed by atoms with Crippen molar-refractivity contribution in [3.63, 3.8) is 0 Å². The highest BCUT2D eigenvalue weighted by Gasteiger charge is 2.22. The molecule has 1 aliphatic heterocycles. The van der Waals surface area contributed by atoms with E-state index in [2.05, 4.69) is 15.3 Å². The zero-order valence-electron chi connectivity index (χ0n) is 13.5. The van der Waals surface area contributed by atoms with Gasteiger partial charge in [-0.15, -0.1) is 0 Å². The highest BCUT2D eigenvalue weighted by Crippen LogP contribution is 2.24. The van der Waals surface area contributed by atoms with E-state index in [-0.39, 0.29) is 11.9 Å². The molecule has 1 N–H and O–H groups in total. The van der Waals surface area contributed by atoms with E-state index in [4.69, 9.17) is 23.2 Å². The van der Waals surface area contributed by atoms with Crippen molar-refractivity contribution in [1.82, 2.24) is 20.0 Å². The Morgan fingerprint density at radius 2 is 2.00 bits per heavy atom. The van der Waals surface area contributed by atoms with Crippen LogP contribution >= 0.6 is 23.2 Å². The van der Waals surface area contributed by atoms with Crippen LogP contribution in [0.25, 0.3) is 0 Å². The average Bonchev–Trinajstić information content (AvgIpc) is 2.99. The van der Waals surface area contributed by atoms with Gasteiger partial charge in [0.15, 0.2) is 0 Å². The standard InChI is InChI=1S/C17H20Cl2N4O/c1-22-7-6-16(21-22)17(24)20-13-4-8-23(9-5-13)11-12-2-3-14(18)15(19)10-12/h2-3,6-7,10,13H,4-5,8-9,11H2,1H3,(H,20,24). The number of hydrogen-bond acceptors (Lipinski definition) is 3. The molecule has 0 atom stereocenters. The van der Waals surface area contributed by atoms with Crippen LogP contribution in [0.2, 0.25) is 10.0 Å². The topological polar surface area (TPSA) is 50.2 Å². The van der Waals surface area contributed by atoms with Crippen LogP contribution in [0.5, 0.6) is 0 Å². The lowest BCUT2D eigenvalue weighted by molar-refractivity contribution is 0.0903. The number of aryl methyl sites for hydroxylation is 1. The molecule has 0 spiro atoms. The number of nitrogens with one attached hydrogen (secondary N) is 1. The molecule has 1 saturated heterocycles. The van der Waals surface area contributed by atoms with Crippen LogP contribution < -0.4 is 5.32 Å². The molecule has 5 nitrogen and oxygen atoms in total. The van der Waals surface area contributed by atoms with E-state index in [1.165, 1.54) is 0 Å². The number of hydrogen-bond donors (Lipinski definition) is 1. The fourth-order valence-corrected chi connectivity index (χ4v) is 3.25. The molecule has 1 aliphatic rings. The molecule has 24 heavy (non-hydrogen) atoms. The van der Waals surface area contributed by atoms with Crippen molar-refractivity contribution >= 4 is 29.1 Å². The molecule has 1 aromatic carbocycles. The van der Waals surface area contributed by atoms with Crippen LogP contribution in [0.1, 0.15) is 28.9 Å². The second kappa shape index (κ2) is 7.55. The normalized spacial score (nSPS) is 16.3. The zero-order valence-corrected chi connectivity index (χ0v) is 15.0. The number of benzene rings is 1. The molecule has 2 aromatic rings. The Morgan fingerprint density at radius 1 is 1.25 bits per heavy atom. The number of carbonyl (C=O) groups excluding carboxylic acids is 1. The van der Waals surface area contributed by atoms with Gasteiger partial charge in [0.05, 0.1) is 10.0 Å². The van der Waals surface area contributed by atoms with Gasteiger partial charge in [-0.05, 0) is 36.6 Å². The number of halogens is 2. The van der Waals surface area contributed by atoms with Crippen molar-refractivity contribution in [3.05, 3.63) is 51.8 Å². The monoisotopic (exact) mass is 366 g/mol. The summed E-state index contributed by atoms with van der Waals surface area (Å²) in [5.74, 6) is -0.0986. The highest BCUT2D eigenvalue weighted by atomic mass is 35.5. The lowest BCUT2D eigenvalue weighted by atomic mass is 10.0. The first-order valence-electron chi connectivity index (χ1n) is 7.98. The van der Waals surface area contributed by atoms with Crippen molar-refractivity contribution in [1.29, 1.82) is 0 Å². The number of rotatable bonds is 4. The molecule has 0 radical (unpaired) electrons. The molecular formula is C17H20Cl2N4O. The minimum atomic E-state index is -0.0986. The molecule has 1 aromatic heterocycles. The minimum absolute atomic E-state index is 0.0986. The van der Waals surface area contributed by atoms with E-state index in [0.717, 1.165) is 38.0 Å². The first-order valence-corrected chi connectivity index (χ1v) is 8.73. The van der Waals surface area contributed by atoms with Crippen LogP contribution in [0.15, 0.2) is 30.5 Å². The first kappa shape index (κ1) is 17.3. The molecule has 0 saturated carbocycles. The fraction of sp³-hybridized carbons (Fsp3) is 0.412. The fourth-order valence-electron chi connectivity index (χ4n) is 2.93. The van der Waals surface area contributed by atoms with Crippen molar-refractivity contribution < 1.29 is 4.79 Å². The van der Waals surface area contributed by atoms with Gasteiger partial charge in [-0.2, -0.15) is 5.10 Å². The number of carbonyl (C=O) groups is 1. The van der Waals surface area contributed by atoms with Crippen LogP contribution in [-0.2, 0) is 13.6 Å². The molecule has 128 valence electrons. The Kier molecular flexibility index (Phi) is 5.43. The summed E-state index contributed by atoms with van der Waals surface area (Å²) in [6.07, 6.45) is 3.63. The summed E-state index contributed by atoms with van der Waals surface area (Å²) >= 11 is 12.0. The van der Waals surface area contributed by atoms with Gasteiger partial charge in [-0.3, -0.25) is 14.4 Å². The number of likely N-dealkylation sites (tertiary alicyclic amines) is 1. The predicted octanol–water partition coefficient (Wildman–Crippen LogP) is 3.12. The highest BCUT2D eigenvalue weighted by molar-refractivity contribution is 6.42. The second-order valence-corrected chi connectivity index (χ2v) is 6.96. The maximum absolute atomic E-state index is 12.1. The van der Waals surface area contributed by atoms with Gasteiger partial charge < -0.3 is 5.32 Å². The van der Waals surface area contributed by atoms with E-state index < -0.39 is 0 Å². The maximum atomic E-state index is 12.1. The van der Waals surface area contributed by atoms with Gasteiger partial charge in [0.1, 0.15) is 5.69 Å². The average molecular weight is 367 g/mol. The molecule has 0 aliphatic carbocycles. The summed E-state index contributed by atoms with van der Waals surface area (Å²) in [4.78, 5) is 14.5. The Hall–Kier alpha value is -1.56. The van der Waals surface area contributed by atoms with Gasteiger partial charge in [-0.25, -0.2) is 0 Å². The predicted molar refractivity (Wildman–Crippen MR) is 95.4 cm³/mol. The lowest BCUT2D eigenvalue weighted by Crippen LogP contribution is -2.44. The van der Waals surface area contributed by atoms with Gasteiger partial charge in [0.25, 0.3) is 5.91 Å². The van der Waals surface area contributed by atoms with Gasteiger partial charge in [0, 0.05) is 38.9 Å². The molecule has 3 rings (SSSR count). The number of piperidine rings is 1. The van der Waals surface area contributed by atoms with Crippen molar-refractivity contribution in [2.75, 3.05) is 13.1 Å². The first-order chi connectivity index (χ1) is 11.5. The molecule has 0 bridgehead atoms. The van der Waals surface area contributed by atoms with Crippen molar-refractivity contribution in [2.24, 2.45) is 7.05 Å². The minimum Gasteiger partial charge on any atom is -0.348 e. The van der Waals surface area contributed by atoms with E-state index in [0.29, 0.717) is 15.7 Å². The second-order valence-electron chi connectivity index (χ2n) is 6.15. The molecular weight excluding hydrogens is 347 g/mol. The van der Waals surface area contributed by atoms with E-state index in [9.17, 15) is 4.79 Å². The van der Waals surface area contributed by atoms with Gasteiger partial charge >= 0.3 is 0 Å². The smallest absolute Gasteiger partial charge is 0.271 e. The third kappa shape index (κ3) is 4.29. The summed E-state index contributed by atoms with van der Waals surface area (Å²) in [5.41, 5.74) is 1.62. The summed E-state index contributed by atoms with van der Waals surface area (Å²) in [7, 11) is 1.80. The number of aromatic nitrogens is 2. The Balaban J connectivity index is 1.48. The molecule has 0 unspecified atom stereocenters.